The predicted octanol–water partition coefficient (Wildman–Crippen LogP) is 3.49. The van der Waals surface area contributed by atoms with E-state index in [1.807, 2.05) is 0 Å². The maximum atomic E-state index is 12.7. The van der Waals surface area contributed by atoms with E-state index >= 15 is 0 Å². The van der Waals surface area contributed by atoms with Crippen molar-refractivity contribution in [1.82, 2.24) is 0 Å². The van der Waals surface area contributed by atoms with Gasteiger partial charge < -0.3 is 10.2 Å². The average Bonchev–Trinajstić information content (AvgIpc) is 2.79. The summed E-state index contributed by atoms with van der Waals surface area (Å²) in [7, 11) is 0. The van der Waals surface area contributed by atoms with Crippen LogP contribution in [0.1, 0.15) is 41.6 Å². The van der Waals surface area contributed by atoms with E-state index in [1.165, 1.54) is 0 Å². The summed E-state index contributed by atoms with van der Waals surface area (Å²) in [5.74, 6) is -3.07. The molecule has 1 aromatic carbocycles. The van der Waals surface area contributed by atoms with Gasteiger partial charge in [0.1, 0.15) is 17.1 Å². The summed E-state index contributed by atoms with van der Waals surface area (Å²) in [4.78, 5) is 12.0. The van der Waals surface area contributed by atoms with Gasteiger partial charge in [-0.15, -0.1) is 0 Å². The Balaban J connectivity index is 2.45. The molecule has 0 bridgehead atoms. The maximum absolute atomic E-state index is 12.7. The van der Waals surface area contributed by atoms with Crippen LogP contribution in [-0.4, -0.2) is 16.0 Å². The van der Waals surface area contributed by atoms with Gasteiger partial charge in [0.05, 0.1) is 5.56 Å². The number of hydrogen-bond acceptors (Lipinski definition) is 3. The summed E-state index contributed by atoms with van der Waals surface area (Å²) in [5, 5.41) is 18.8. The van der Waals surface area contributed by atoms with Gasteiger partial charge in [-0.2, -0.15) is 13.2 Å². The Morgan fingerprint density at radius 1 is 1.16 bits per heavy atom. The number of ketones is 1. The monoisotopic (exact) mass is 274 g/mol. The molecular formula is C13H13F3O3. The van der Waals surface area contributed by atoms with E-state index in [9.17, 15) is 28.2 Å². The predicted molar refractivity (Wildman–Crippen MR) is 61.1 cm³/mol. The fraction of sp³-hybridized carbons (Fsp3) is 0.462. The fourth-order valence-electron chi connectivity index (χ4n) is 2.47. The molecule has 0 atom stereocenters. The number of hydrogen-bond donors (Lipinski definition) is 2. The molecule has 1 aliphatic carbocycles. The molecule has 0 amide bonds. The summed E-state index contributed by atoms with van der Waals surface area (Å²) in [6, 6.07) is 1.84. The highest BCUT2D eigenvalue weighted by Gasteiger charge is 2.39. The van der Waals surface area contributed by atoms with Gasteiger partial charge >= 0.3 is 6.18 Å². The molecule has 104 valence electrons. The van der Waals surface area contributed by atoms with Gasteiger partial charge in [-0.1, -0.05) is 12.8 Å². The van der Waals surface area contributed by atoms with Crippen LogP contribution in [0.4, 0.5) is 13.2 Å². The third-order valence-corrected chi connectivity index (χ3v) is 3.43. The van der Waals surface area contributed by atoms with Crippen molar-refractivity contribution < 1.29 is 28.2 Å². The lowest BCUT2D eigenvalue weighted by atomic mass is 9.94. The van der Waals surface area contributed by atoms with Crippen molar-refractivity contribution in [2.24, 2.45) is 5.92 Å². The van der Waals surface area contributed by atoms with E-state index < -0.39 is 29.0 Å². The van der Waals surface area contributed by atoms with Crippen LogP contribution in [-0.2, 0) is 6.18 Å². The second kappa shape index (κ2) is 4.75. The highest BCUT2D eigenvalue weighted by atomic mass is 19.4. The van der Waals surface area contributed by atoms with E-state index in [1.54, 1.807) is 0 Å². The number of benzene rings is 1. The van der Waals surface area contributed by atoms with E-state index in [4.69, 9.17) is 0 Å². The van der Waals surface area contributed by atoms with Gasteiger partial charge in [0.15, 0.2) is 5.78 Å². The van der Waals surface area contributed by atoms with Crippen molar-refractivity contribution in [2.75, 3.05) is 0 Å². The molecule has 0 radical (unpaired) electrons. The van der Waals surface area contributed by atoms with Gasteiger partial charge in [-0.3, -0.25) is 4.79 Å². The highest BCUT2D eigenvalue weighted by molar-refractivity contribution is 6.01. The second-order valence-corrected chi connectivity index (χ2v) is 4.70. The molecule has 0 spiro atoms. The Bertz CT molecular complexity index is 503. The van der Waals surface area contributed by atoms with E-state index in [0.29, 0.717) is 12.8 Å². The lowest BCUT2D eigenvalue weighted by Crippen LogP contribution is -2.14. The van der Waals surface area contributed by atoms with Gasteiger partial charge in [0, 0.05) is 5.92 Å². The van der Waals surface area contributed by atoms with Crippen molar-refractivity contribution in [3.63, 3.8) is 0 Å². The maximum Gasteiger partial charge on any atom is 0.423 e. The topological polar surface area (TPSA) is 57.5 Å². The Hall–Kier alpha value is -1.72. The van der Waals surface area contributed by atoms with Crippen LogP contribution >= 0.6 is 0 Å². The van der Waals surface area contributed by atoms with Crippen LogP contribution in [0, 0.1) is 5.92 Å². The molecule has 3 nitrogen and oxygen atoms in total. The second-order valence-electron chi connectivity index (χ2n) is 4.70. The number of halogens is 3. The third kappa shape index (κ3) is 2.52. The van der Waals surface area contributed by atoms with E-state index in [0.717, 1.165) is 25.0 Å². The minimum absolute atomic E-state index is 0.337. The molecule has 2 rings (SSSR count). The standard InChI is InChI=1S/C13H13F3O3/c14-13(15,16)10-9(17)6-5-8(12(10)19)11(18)7-3-1-2-4-7/h5-7,17,19H,1-4H2. The minimum atomic E-state index is -4.90. The summed E-state index contributed by atoms with van der Waals surface area (Å²) in [6.07, 6.45) is -1.93. The zero-order valence-electron chi connectivity index (χ0n) is 10.00. The molecule has 19 heavy (non-hydrogen) atoms. The van der Waals surface area contributed by atoms with Gasteiger partial charge in [0.2, 0.25) is 0 Å². The van der Waals surface area contributed by atoms with Crippen LogP contribution < -0.4 is 0 Å². The molecule has 1 aromatic rings. The Morgan fingerprint density at radius 3 is 2.26 bits per heavy atom. The normalized spacial score (nSPS) is 16.8. The molecule has 1 fully saturated rings. The lowest BCUT2D eigenvalue weighted by molar-refractivity contribution is -0.140. The molecule has 2 N–H and O–H groups in total. The lowest BCUT2D eigenvalue weighted by Gasteiger charge is -2.15. The summed E-state index contributed by atoms with van der Waals surface area (Å²) in [6.45, 7) is 0. The van der Waals surface area contributed by atoms with Crippen LogP contribution in [0.25, 0.3) is 0 Å². The number of alkyl halides is 3. The van der Waals surface area contributed by atoms with Crippen LogP contribution in [0.5, 0.6) is 11.5 Å². The average molecular weight is 274 g/mol. The largest absolute Gasteiger partial charge is 0.507 e. The van der Waals surface area contributed by atoms with Crippen molar-refractivity contribution in [2.45, 2.75) is 31.9 Å². The quantitative estimate of drug-likeness (QED) is 0.812. The van der Waals surface area contributed by atoms with Crippen LogP contribution in [0.3, 0.4) is 0 Å². The SMILES string of the molecule is O=C(c1ccc(O)c(C(F)(F)F)c1O)C1CCCC1. The third-order valence-electron chi connectivity index (χ3n) is 3.43. The number of rotatable bonds is 2. The van der Waals surface area contributed by atoms with Gasteiger partial charge in [0.25, 0.3) is 0 Å². The molecule has 0 saturated heterocycles. The summed E-state index contributed by atoms with van der Waals surface area (Å²) >= 11 is 0. The Morgan fingerprint density at radius 2 is 1.74 bits per heavy atom. The summed E-state index contributed by atoms with van der Waals surface area (Å²) < 4.78 is 38.1. The first-order valence-corrected chi connectivity index (χ1v) is 5.98. The van der Waals surface area contributed by atoms with Crippen LogP contribution in [0.15, 0.2) is 12.1 Å². The van der Waals surface area contributed by atoms with Crippen molar-refractivity contribution in [3.05, 3.63) is 23.3 Å². The zero-order chi connectivity index (χ0) is 14.2. The number of phenolic OH excluding ortho intramolecular Hbond substituents is 2. The highest BCUT2D eigenvalue weighted by Crippen LogP contribution is 2.44. The number of carbonyl (C=O) groups excluding carboxylic acids is 1. The molecule has 0 aromatic heterocycles. The van der Waals surface area contributed by atoms with E-state index in [-0.39, 0.29) is 11.5 Å². The number of phenols is 2. The smallest absolute Gasteiger partial charge is 0.423 e. The molecule has 0 aliphatic heterocycles. The Labute approximate surface area is 107 Å². The van der Waals surface area contributed by atoms with Crippen molar-refractivity contribution >= 4 is 5.78 Å². The number of Topliss-reactive ketones (excluding diaryl/α,β-unsaturated/α-hetero) is 1. The zero-order valence-corrected chi connectivity index (χ0v) is 10.00. The molecule has 6 heteroatoms. The van der Waals surface area contributed by atoms with Crippen LogP contribution in [0.2, 0.25) is 0 Å². The van der Waals surface area contributed by atoms with Gasteiger partial charge in [-0.25, -0.2) is 0 Å². The summed E-state index contributed by atoms with van der Waals surface area (Å²) in [5.41, 5.74) is -1.91. The number of aromatic hydroxyl groups is 2. The first-order chi connectivity index (χ1) is 8.82. The molecule has 0 unspecified atom stereocenters. The number of carbonyl (C=O) groups is 1. The molecular weight excluding hydrogens is 261 g/mol. The Kier molecular flexibility index (Phi) is 3.43. The fourth-order valence-corrected chi connectivity index (χ4v) is 2.47. The first-order valence-electron chi connectivity index (χ1n) is 5.98. The van der Waals surface area contributed by atoms with E-state index in [2.05, 4.69) is 0 Å². The first kappa shape index (κ1) is 13.7. The van der Waals surface area contributed by atoms with Gasteiger partial charge in [-0.05, 0) is 25.0 Å². The molecule has 1 aliphatic rings. The molecule has 0 heterocycles. The molecule has 1 saturated carbocycles. The van der Waals surface area contributed by atoms with Crippen molar-refractivity contribution in [1.29, 1.82) is 0 Å². The minimum Gasteiger partial charge on any atom is -0.507 e. The van der Waals surface area contributed by atoms with Crippen molar-refractivity contribution in [3.8, 4) is 11.5 Å².